The zero-order chi connectivity index (χ0) is 16.2. The molecule has 4 nitrogen and oxygen atoms in total. The van der Waals surface area contributed by atoms with E-state index in [2.05, 4.69) is 5.32 Å². The van der Waals surface area contributed by atoms with Gasteiger partial charge in [-0.05, 0) is 31.5 Å². The van der Waals surface area contributed by atoms with Gasteiger partial charge in [-0.1, -0.05) is 47.5 Å². The van der Waals surface area contributed by atoms with Crippen LogP contribution in [0.2, 0.25) is 0 Å². The molecule has 116 valence electrons. The molecule has 0 aliphatic rings. The molecule has 0 fully saturated rings. The van der Waals surface area contributed by atoms with Crippen LogP contribution in [0.15, 0.2) is 53.4 Å². The Hall–Kier alpha value is -2.14. The lowest BCUT2D eigenvalue weighted by atomic mass is 10.1. The van der Waals surface area contributed by atoms with Crippen molar-refractivity contribution in [2.24, 2.45) is 0 Å². The molecular formula is C17H19NO3S. The van der Waals surface area contributed by atoms with E-state index in [1.165, 1.54) is 12.1 Å². The molecule has 22 heavy (non-hydrogen) atoms. The number of aryl methyl sites for hydroxylation is 2. The van der Waals surface area contributed by atoms with Gasteiger partial charge in [-0.3, -0.25) is 4.79 Å². The van der Waals surface area contributed by atoms with Crippen molar-refractivity contribution in [1.82, 2.24) is 5.32 Å². The minimum Gasteiger partial charge on any atom is -0.351 e. The van der Waals surface area contributed by atoms with Gasteiger partial charge in [0.15, 0.2) is 9.84 Å². The Bertz CT molecular complexity index is 747. The smallest absolute Gasteiger partial charge is 0.235 e. The van der Waals surface area contributed by atoms with Gasteiger partial charge in [0.25, 0.3) is 0 Å². The van der Waals surface area contributed by atoms with E-state index in [1.54, 1.807) is 12.1 Å². The van der Waals surface area contributed by atoms with Crippen LogP contribution in [0.25, 0.3) is 0 Å². The zero-order valence-corrected chi connectivity index (χ0v) is 13.5. The van der Waals surface area contributed by atoms with Crippen molar-refractivity contribution >= 4 is 15.7 Å². The third kappa shape index (κ3) is 4.43. The van der Waals surface area contributed by atoms with Crippen molar-refractivity contribution in [3.05, 3.63) is 65.2 Å². The normalized spacial score (nSPS) is 11.2. The Balaban J connectivity index is 1.96. The third-order valence-corrected chi connectivity index (χ3v) is 4.94. The molecule has 5 heteroatoms. The molecule has 0 aromatic heterocycles. The minimum absolute atomic E-state index is 0.170. The lowest BCUT2D eigenvalue weighted by Gasteiger charge is -2.07. The molecular weight excluding hydrogens is 298 g/mol. The van der Waals surface area contributed by atoms with E-state index >= 15 is 0 Å². The average Bonchev–Trinajstić information content (AvgIpc) is 2.46. The van der Waals surface area contributed by atoms with Crippen LogP contribution in [-0.4, -0.2) is 20.1 Å². The first-order valence-corrected chi connectivity index (χ1v) is 8.64. The molecule has 0 saturated heterocycles. The van der Waals surface area contributed by atoms with Gasteiger partial charge in [-0.2, -0.15) is 0 Å². The second-order valence-electron chi connectivity index (χ2n) is 5.33. The van der Waals surface area contributed by atoms with Gasteiger partial charge >= 0.3 is 0 Å². The summed E-state index contributed by atoms with van der Waals surface area (Å²) < 4.78 is 24.3. The van der Waals surface area contributed by atoms with Crippen LogP contribution in [0.5, 0.6) is 0 Å². The van der Waals surface area contributed by atoms with Gasteiger partial charge in [0.1, 0.15) is 5.75 Å². The summed E-state index contributed by atoms with van der Waals surface area (Å²) in [6.45, 7) is 4.18. The second kappa shape index (κ2) is 6.75. The fourth-order valence-electron chi connectivity index (χ4n) is 1.96. The summed E-state index contributed by atoms with van der Waals surface area (Å²) >= 11 is 0. The van der Waals surface area contributed by atoms with Gasteiger partial charge in [-0.15, -0.1) is 0 Å². The summed E-state index contributed by atoms with van der Waals surface area (Å²) in [7, 11) is -3.60. The predicted octanol–water partition coefficient (Wildman–Crippen LogP) is 2.39. The highest BCUT2D eigenvalue weighted by Crippen LogP contribution is 2.12. The van der Waals surface area contributed by atoms with Gasteiger partial charge < -0.3 is 5.32 Å². The van der Waals surface area contributed by atoms with Gasteiger partial charge in [-0.25, -0.2) is 8.42 Å². The maximum Gasteiger partial charge on any atom is 0.235 e. The Morgan fingerprint density at radius 2 is 1.41 bits per heavy atom. The first-order chi connectivity index (χ1) is 10.4. The monoisotopic (exact) mass is 317 g/mol. The fourth-order valence-corrected chi connectivity index (χ4v) is 3.12. The number of rotatable bonds is 5. The summed E-state index contributed by atoms with van der Waals surface area (Å²) in [5.41, 5.74) is 3.05. The second-order valence-corrected chi connectivity index (χ2v) is 7.32. The SMILES string of the molecule is Cc1ccc(CNC(=O)CS(=O)(=O)c2ccc(C)cc2)cc1. The van der Waals surface area contributed by atoms with Gasteiger partial charge in [0.05, 0.1) is 4.90 Å². The molecule has 0 spiro atoms. The maximum atomic E-state index is 12.1. The summed E-state index contributed by atoms with van der Waals surface area (Å²) in [6, 6.07) is 14.2. The van der Waals surface area contributed by atoms with Crippen molar-refractivity contribution in [1.29, 1.82) is 0 Å². The predicted molar refractivity (Wildman–Crippen MR) is 86.3 cm³/mol. The Morgan fingerprint density at radius 3 is 1.95 bits per heavy atom. The molecule has 0 aliphatic carbocycles. The summed E-state index contributed by atoms with van der Waals surface area (Å²) in [6.07, 6.45) is 0. The molecule has 2 aromatic rings. The molecule has 1 N–H and O–H groups in total. The number of amides is 1. The number of carbonyl (C=O) groups is 1. The third-order valence-electron chi connectivity index (χ3n) is 3.31. The zero-order valence-electron chi connectivity index (χ0n) is 12.7. The van der Waals surface area contributed by atoms with Crippen LogP contribution in [0.1, 0.15) is 16.7 Å². The van der Waals surface area contributed by atoms with Crippen LogP contribution < -0.4 is 5.32 Å². The van der Waals surface area contributed by atoms with Crippen LogP contribution in [0, 0.1) is 13.8 Å². The number of sulfone groups is 1. The van der Waals surface area contributed by atoms with Crippen molar-refractivity contribution in [3.8, 4) is 0 Å². The van der Waals surface area contributed by atoms with E-state index < -0.39 is 21.5 Å². The highest BCUT2D eigenvalue weighted by Gasteiger charge is 2.18. The lowest BCUT2D eigenvalue weighted by Crippen LogP contribution is -2.29. The number of benzene rings is 2. The summed E-state index contributed by atoms with van der Waals surface area (Å²) in [5, 5.41) is 2.64. The van der Waals surface area contributed by atoms with Crippen molar-refractivity contribution in [3.63, 3.8) is 0 Å². The fraction of sp³-hybridized carbons (Fsp3) is 0.235. The number of hydrogen-bond donors (Lipinski definition) is 1. The van der Waals surface area contributed by atoms with Crippen molar-refractivity contribution < 1.29 is 13.2 Å². The highest BCUT2D eigenvalue weighted by atomic mass is 32.2. The Morgan fingerprint density at radius 1 is 0.909 bits per heavy atom. The molecule has 1 amide bonds. The molecule has 0 radical (unpaired) electrons. The Kier molecular flexibility index (Phi) is 4.98. The molecule has 0 bridgehead atoms. The molecule has 0 aliphatic heterocycles. The van der Waals surface area contributed by atoms with E-state index in [4.69, 9.17) is 0 Å². The molecule has 2 rings (SSSR count). The van der Waals surface area contributed by atoms with E-state index in [0.717, 1.165) is 16.7 Å². The van der Waals surface area contributed by atoms with Crippen LogP contribution >= 0.6 is 0 Å². The van der Waals surface area contributed by atoms with Crippen LogP contribution in [-0.2, 0) is 21.2 Å². The van der Waals surface area contributed by atoms with Gasteiger partial charge in [0.2, 0.25) is 5.91 Å². The maximum absolute atomic E-state index is 12.1. The van der Waals surface area contributed by atoms with Gasteiger partial charge in [0, 0.05) is 6.54 Å². The first-order valence-electron chi connectivity index (χ1n) is 6.98. The standard InChI is InChI=1S/C17H19NO3S/c1-13-3-7-15(8-4-13)11-18-17(19)12-22(20,21)16-9-5-14(2)6-10-16/h3-10H,11-12H2,1-2H3,(H,18,19). The quantitative estimate of drug-likeness (QED) is 0.921. The highest BCUT2D eigenvalue weighted by molar-refractivity contribution is 7.92. The van der Waals surface area contributed by atoms with E-state index in [-0.39, 0.29) is 4.90 Å². The topological polar surface area (TPSA) is 63.2 Å². The number of hydrogen-bond acceptors (Lipinski definition) is 3. The lowest BCUT2D eigenvalue weighted by molar-refractivity contribution is -0.118. The van der Waals surface area contributed by atoms with Crippen LogP contribution in [0.3, 0.4) is 0 Å². The van der Waals surface area contributed by atoms with E-state index in [0.29, 0.717) is 6.54 Å². The molecule has 0 saturated carbocycles. The van der Waals surface area contributed by atoms with Crippen molar-refractivity contribution in [2.75, 3.05) is 5.75 Å². The molecule has 0 atom stereocenters. The minimum atomic E-state index is -3.60. The van der Waals surface area contributed by atoms with Crippen LogP contribution in [0.4, 0.5) is 0 Å². The van der Waals surface area contributed by atoms with Crippen molar-refractivity contribution in [2.45, 2.75) is 25.3 Å². The first kappa shape index (κ1) is 16.2. The Labute approximate surface area is 131 Å². The average molecular weight is 317 g/mol. The molecule has 0 heterocycles. The van der Waals surface area contributed by atoms with E-state index in [1.807, 2.05) is 38.1 Å². The van der Waals surface area contributed by atoms with E-state index in [9.17, 15) is 13.2 Å². The largest absolute Gasteiger partial charge is 0.351 e. The summed E-state index contributed by atoms with van der Waals surface area (Å²) in [4.78, 5) is 12.0. The number of carbonyl (C=O) groups excluding carboxylic acids is 1. The molecule has 2 aromatic carbocycles. The summed E-state index contributed by atoms with van der Waals surface area (Å²) in [5.74, 6) is -1.04. The number of nitrogens with one attached hydrogen (secondary N) is 1. The molecule has 0 unspecified atom stereocenters.